The van der Waals surface area contributed by atoms with Crippen molar-refractivity contribution in [2.45, 2.75) is 12.6 Å². The number of carbonyl (C=O) groups is 2. The summed E-state index contributed by atoms with van der Waals surface area (Å²) in [6, 6.07) is 1.27. The van der Waals surface area contributed by atoms with Crippen LogP contribution in [0.5, 0.6) is 0 Å². The Balaban J connectivity index is 3.32. The van der Waals surface area contributed by atoms with Gasteiger partial charge in [0.15, 0.2) is 5.78 Å². The number of nitro benzene ring substituents is 1. The van der Waals surface area contributed by atoms with Gasteiger partial charge in [-0.15, -0.1) is 0 Å². The molecule has 1 rings (SSSR count). The van der Waals surface area contributed by atoms with Crippen molar-refractivity contribution in [3.63, 3.8) is 0 Å². The van der Waals surface area contributed by atoms with E-state index < -0.39 is 46.1 Å². The standard InChI is InChI=1S/C10H6F3NO5/c11-10(12,13)6-1-5(8(15)4-9(16)17)2-7(3-6)14(18)19/h1-3H,4H2,(H,16,17). The maximum atomic E-state index is 12.5. The Kier molecular flexibility index (Phi) is 3.88. The second-order valence-electron chi connectivity index (χ2n) is 3.52. The summed E-state index contributed by atoms with van der Waals surface area (Å²) in [5.41, 5.74) is -2.97. The fraction of sp³-hybridized carbons (Fsp3) is 0.200. The van der Waals surface area contributed by atoms with E-state index >= 15 is 0 Å². The Labute approximate surface area is 103 Å². The maximum absolute atomic E-state index is 12.5. The molecule has 0 fully saturated rings. The number of non-ortho nitro benzene ring substituents is 1. The second kappa shape index (κ2) is 5.04. The highest BCUT2D eigenvalue weighted by Gasteiger charge is 2.33. The van der Waals surface area contributed by atoms with Crippen LogP contribution in [0.3, 0.4) is 0 Å². The van der Waals surface area contributed by atoms with Crippen molar-refractivity contribution in [3.05, 3.63) is 39.4 Å². The van der Waals surface area contributed by atoms with Crippen LogP contribution in [0.4, 0.5) is 18.9 Å². The lowest BCUT2D eigenvalue weighted by Gasteiger charge is -2.08. The van der Waals surface area contributed by atoms with Crippen LogP contribution >= 0.6 is 0 Å². The van der Waals surface area contributed by atoms with Gasteiger partial charge in [0.2, 0.25) is 0 Å². The molecule has 0 heterocycles. The van der Waals surface area contributed by atoms with Crippen LogP contribution in [0.15, 0.2) is 18.2 Å². The number of nitro groups is 1. The van der Waals surface area contributed by atoms with Crippen LogP contribution in [0, 0.1) is 10.1 Å². The summed E-state index contributed by atoms with van der Waals surface area (Å²) in [6.45, 7) is 0. The number of alkyl halides is 3. The van der Waals surface area contributed by atoms with E-state index in [4.69, 9.17) is 5.11 Å². The molecule has 0 spiro atoms. The first-order chi connectivity index (χ1) is 8.61. The average molecular weight is 277 g/mol. The van der Waals surface area contributed by atoms with E-state index in [0.717, 1.165) is 0 Å². The fourth-order valence-electron chi connectivity index (χ4n) is 1.28. The zero-order valence-electron chi connectivity index (χ0n) is 9.10. The minimum atomic E-state index is -4.87. The molecule has 6 nitrogen and oxygen atoms in total. The summed E-state index contributed by atoms with van der Waals surface area (Å²) >= 11 is 0. The number of Topliss-reactive ketones (excluding diaryl/α,β-unsaturated/α-hetero) is 1. The Hall–Kier alpha value is -2.45. The summed E-state index contributed by atoms with van der Waals surface area (Å²) in [5.74, 6) is -2.67. The predicted octanol–water partition coefficient (Wildman–Crippen LogP) is 2.27. The third-order valence-electron chi connectivity index (χ3n) is 2.09. The van der Waals surface area contributed by atoms with Crippen LogP contribution in [0.25, 0.3) is 0 Å². The van der Waals surface area contributed by atoms with Gasteiger partial charge in [0.1, 0.15) is 6.42 Å². The molecule has 1 aromatic rings. The molecule has 1 N–H and O–H groups in total. The van der Waals surface area contributed by atoms with Crippen molar-refractivity contribution in [1.29, 1.82) is 0 Å². The highest BCUT2D eigenvalue weighted by molar-refractivity contribution is 6.05. The minimum absolute atomic E-state index is 0.275. The number of carboxylic acids is 1. The minimum Gasteiger partial charge on any atom is -0.481 e. The topological polar surface area (TPSA) is 97.5 Å². The van der Waals surface area contributed by atoms with Gasteiger partial charge in [-0.05, 0) is 6.07 Å². The zero-order valence-corrected chi connectivity index (χ0v) is 9.10. The molecule has 0 amide bonds. The highest BCUT2D eigenvalue weighted by atomic mass is 19.4. The van der Waals surface area contributed by atoms with Crippen molar-refractivity contribution < 1.29 is 32.8 Å². The monoisotopic (exact) mass is 277 g/mol. The SMILES string of the molecule is O=C(O)CC(=O)c1cc([N+](=O)[O-])cc(C(F)(F)F)c1. The van der Waals surface area contributed by atoms with Gasteiger partial charge in [-0.1, -0.05) is 0 Å². The van der Waals surface area contributed by atoms with Gasteiger partial charge in [0.25, 0.3) is 5.69 Å². The molecule has 0 radical (unpaired) electrons. The third-order valence-corrected chi connectivity index (χ3v) is 2.09. The summed E-state index contributed by atoms with van der Waals surface area (Å²) in [7, 11) is 0. The lowest BCUT2D eigenvalue weighted by molar-refractivity contribution is -0.385. The number of nitrogens with zero attached hydrogens (tertiary/aromatic N) is 1. The fourth-order valence-corrected chi connectivity index (χ4v) is 1.28. The van der Waals surface area contributed by atoms with Crippen molar-refractivity contribution in [1.82, 2.24) is 0 Å². The van der Waals surface area contributed by atoms with Gasteiger partial charge < -0.3 is 5.11 Å². The normalized spacial score (nSPS) is 11.1. The number of benzene rings is 1. The number of halogens is 3. The van der Waals surface area contributed by atoms with Crippen LogP contribution in [0.1, 0.15) is 22.3 Å². The van der Waals surface area contributed by atoms with E-state index in [1.165, 1.54) is 0 Å². The molecule has 102 valence electrons. The number of aliphatic carboxylic acids is 1. The largest absolute Gasteiger partial charge is 0.481 e. The Morgan fingerprint density at radius 2 is 1.84 bits per heavy atom. The molecule has 0 aliphatic rings. The first-order valence-electron chi connectivity index (χ1n) is 4.73. The molecule has 0 aliphatic carbocycles. The smallest absolute Gasteiger partial charge is 0.416 e. The van der Waals surface area contributed by atoms with Crippen molar-refractivity contribution in [2.75, 3.05) is 0 Å². The second-order valence-corrected chi connectivity index (χ2v) is 3.52. The van der Waals surface area contributed by atoms with Gasteiger partial charge in [-0.25, -0.2) is 0 Å². The molecule has 0 saturated carbocycles. The van der Waals surface area contributed by atoms with E-state index in [0.29, 0.717) is 12.1 Å². The van der Waals surface area contributed by atoms with Crippen molar-refractivity contribution in [2.24, 2.45) is 0 Å². The number of hydrogen-bond acceptors (Lipinski definition) is 4. The molecule has 0 bridgehead atoms. The van der Waals surface area contributed by atoms with E-state index in [1.54, 1.807) is 0 Å². The molecular weight excluding hydrogens is 271 g/mol. The molecule has 0 unspecified atom stereocenters. The number of hydrogen-bond donors (Lipinski definition) is 1. The average Bonchev–Trinajstić information content (AvgIpc) is 2.26. The molecule has 0 saturated heterocycles. The number of carboxylic acid groups (broad SMARTS) is 1. The van der Waals surface area contributed by atoms with E-state index in [-0.39, 0.29) is 6.07 Å². The molecule has 19 heavy (non-hydrogen) atoms. The van der Waals surface area contributed by atoms with Gasteiger partial charge in [-0.2, -0.15) is 13.2 Å². The quantitative estimate of drug-likeness (QED) is 0.394. The zero-order chi connectivity index (χ0) is 14.8. The van der Waals surface area contributed by atoms with E-state index in [1.807, 2.05) is 0 Å². The molecule has 0 atom stereocenters. The highest BCUT2D eigenvalue weighted by Crippen LogP contribution is 2.32. The third kappa shape index (κ3) is 3.76. The predicted molar refractivity (Wildman–Crippen MR) is 54.7 cm³/mol. The van der Waals surface area contributed by atoms with Crippen LogP contribution < -0.4 is 0 Å². The lowest BCUT2D eigenvalue weighted by Crippen LogP contribution is -2.11. The van der Waals surface area contributed by atoms with Crippen LogP contribution in [-0.4, -0.2) is 21.8 Å². The van der Waals surface area contributed by atoms with Crippen LogP contribution in [0.2, 0.25) is 0 Å². The molecule has 0 aliphatic heterocycles. The molecule has 9 heteroatoms. The van der Waals surface area contributed by atoms with Crippen molar-refractivity contribution >= 4 is 17.4 Å². The first-order valence-corrected chi connectivity index (χ1v) is 4.73. The summed E-state index contributed by atoms with van der Waals surface area (Å²) in [4.78, 5) is 31.0. The van der Waals surface area contributed by atoms with Crippen molar-refractivity contribution in [3.8, 4) is 0 Å². The number of ketones is 1. The summed E-state index contributed by atoms with van der Waals surface area (Å²) in [5, 5.41) is 18.9. The molecule has 1 aromatic carbocycles. The summed E-state index contributed by atoms with van der Waals surface area (Å²) in [6.07, 6.45) is -5.91. The maximum Gasteiger partial charge on any atom is 0.416 e. The Morgan fingerprint density at radius 1 is 1.26 bits per heavy atom. The van der Waals surface area contributed by atoms with Gasteiger partial charge in [0.05, 0.1) is 10.5 Å². The van der Waals surface area contributed by atoms with Crippen LogP contribution in [-0.2, 0) is 11.0 Å². The lowest BCUT2D eigenvalue weighted by atomic mass is 10.0. The first kappa shape index (κ1) is 14.6. The van der Waals surface area contributed by atoms with Gasteiger partial charge >= 0.3 is 12.1 Å². The molecular formula is C10H6F3NO5. The number of rotatable bonds is 4. The number of carbonyl (C=O) groups excluding carboxylic acids is 1. The van der Waals surface area contributed by atoms with Gasteiger partial charge in [0, 0.05) is 17.7 Å². The Morgan fingerprint density at radius 3 is 2.26 bits per heavy atom. The van der Waals surface area contributed by atoms with E-state index in [9.17, 15) is 32.9 Å². The van der Waals surface area contributed by atoms with Gasteiger partial charge in [-0.3, -0.25) is 19.7 Å². The van der Waals surface area contributed by atoms with E-state index in [2.05, 4.69) is 0 Å². The Bertz CT molecular complexity index is 553. The summed E-state index contributed by atoms with van der Waals surface area (Å²) < 4.78 is 37.5. The molecule has 0 aromatic heterocycles.